The van der Waals surface area contributed by atoms with Crippen molar-refractivity contribution in [1.29, 1.82) is 0 Å². The molecule has 208 valence electrons. The number of nitrogens with zero attached hydrogens (tertiary/aromatic N) is 4. The molecule has 0 saturated heterocycles. The summed E-state index contributed by atoms with van der Waals surface area (Å²) in [5.74, 6) is 0.404. The first-order chi connectivity index (χ1) is 20.4. The molecular formula is C31H21FN4O6. The fourth-order valence-electron chi connectivity index (χ4n) is 4.56. The molecule has 10 nitrogen and oxygen atoms in total. The monoisotopic (exact) mass is 564 g/mol. The predicted octanol–water partition coefficient (Wildman–Crippen LogP) is 6.33. The minimum absolute atomic E-state index is 0.0904. The zero-order valence-electron chi connectivity index (χ0n) is 22.1. The molecule has 4 aromatic carbocycles. The van der Waals surface area contributed by atoms with Crippen molar-refractivity contribution >= 4 is 33.8 Å². The average molecular weight is 565 g/mol. The lowest BCUT2D eigenvalue weighted by Gasteiger charge is -2.10. The van der Waals surface area contributed by atoms with E-state index in [0.717, 1.165) is 4.68 Å². The molecule has 0 fully saturated rings. The number of benzene rings is 4. The third-order valence-corrected chi connectivity index (χ3v) is 6.52. The van der Waals surface area contributed by atoms with E-state index < -0.39 is 16.3 Å². The first kappa shape index (κ1) is 26.4. The second-order valence-electron chi connectivity index (χ2n) is 9.17. The first-order valence-corrected chi connectivity index (χ1v) is 12.7. The van der Waals surface area contributed by atoms with E-state index in [1.165, 1.54) is 36.5 Å². The molecule has 0 saturated carbocycles. The van der Waals surface area contributed by atoms with Gasteiger partial charge in [-0.3, -0.25) is 14.9 Å². The van der Waals surface area contributed by atoms with Gasteiger partial charge in [-0.15, -0.1) is 0 Å². The minimum atomic E-state index is -0.588. The summed E-state index contributed by atoms with van der Waals surface area (Å²) in [5.41, 5.74) is 0.863. The number of rotatable bonds is 8. The third kappa shape index (κ3) is 4.94. The van der Waals surface area contributed by atoms with Crippen LogP contribution < -0.4 is 15.0 Å². The molecule has 0 aliphatic rings. The largest absolute Gasteiger partial charge is 0.496 e. The van der Waals surface area contributed by atoms with Crippen molar-refractivity contribution in [2.45, 2.75) is 6.61 Å². The van der Waals surface area contributed by atoms with E-state index >= 15 is 0 Å². The molecule has 0 aliphatic heterocycles. The van der Waals surface area contributed by atoms with Crippen molar-refractivity contribution in [3.63, 3.8) is 0 Å². The van der Waals surface area contributed by atoms with E-state index in [1.54, 1.807) is 67.8 Å². The number of nitro groups is 1. The van der Waals surface area contributed by atoms with Crippen LogP contribution in [0.1, 0.15) is 11.1 Å². The minimum Gasteiger partial charge on any atom is -0.496 e. The number of fused-ring (bicyclic) bond motifs is 2. The number of hydrogen-bond donors (Lipinski definition) is 0. The summed E-state index contributed by atoms with van der Waals surface area (Å²) in [7, 11) is 1.54. The smallest absolute Gasteiger partial charge is 0.311 e. The second-order valence-corrected chi connectivity index (χ2v) is 9.17. The Bertz CT molecular complexity index is 2070. The Labute approximate surface area is 237 Å². The molecule has 0 aliphatic carbocycles. The van der Waals surface area contributed by atoms with Crippen molar-refractivity contribution in [3.05, 3.63) is 128 Å². The molecule has 11 heteroatoms. The highest BCUT2D eigenvalue weighted by atomic mass is 19.1. The fourth-order valence-corrected chi connectivity index (χ4v) is 4.56. The lowest BCUT2D eigenvalue weighted by molar-refractivity contribution is -0.385. The lowest BCUT2D eigenvalue weighted by atomic mass is 10.2. The van der Waals surface area contributed by atoms with E-state index in [9.17, 15) is 19.3 Å². The normalized spacial score (nSPS) is 11.4. The van der Waals surface area contributed by atoms with Crippen LogP contribution in [0.3, 0.4) is 0 Å². The number of furan rings is 1. The van der Waals surface area contributed by atoms with Crippen LogP contribution in [0.4, 0.5) is 10.1 Å². The van der Waals surface area contributed by atoms with Crippen molar-refractivity contribution < 1.29 is 23.2 Å². The summed E-state index contributed by atoms with van der Waals surface area (Å²) < 4.78 is 32.1. The highest BCUT2D eigenvalue weighted by Gasteiger charge is 2.21. The van der Waals surface area contributed by atoms with Crippen LogP contribution in [0.15, 0.2) is 105 Å². The average Bonchev–Trinajstić information content (AvgIpc) is 3.44. The molecule has 0 unspecified atom stereocenters. The van der Waals surface area contributed by atoms with Crippen LogP contribution in [0.25, 0.3) is 33.5 Å². The van der Waals surface area contributed by atoms with Gasteiger partial charge in [-0.2, -0.15) is 9.78 Å². The van der Waals surface area contributed by atoms with Crippen molar-refractivity contribution in [2.75, 3.05) is 7.11 Å². The van der Waals surface area contributed by atoms with Crippen molar-refractivity contribution in [2.24, 2.45) is 5.10 Å². The van der Waals surface area contributed by atoms with Gasteiger partial charge in [0.15, 0.2) is 5.76 Å². The molecule has 0 atom stereocenters. The number of nitro benzene ring substituents is 1. The molecule has 0 amide bonds. The van der Waals surface area contributed by atoms with Gasteiger partial charge in [-0.05, 0) is 54.1 Å². The predicted molar refractivity (Wildman–Crippen MR) is 155 cm³/mol. The van der Waals surface area contributed by atoms with Gasteiger partial charge in [0.05, 0.1) is 34.5 Å². The Balaban J connectivity index is 1.48. The van der Waals surface area contributed by atoms with Crippen LogP contribution in [0.2, 0.25) is 0 Å². The third-order valence-electron chi connectivity index (χ3n) is 6.52. The Morgan fingerprint density at radius 1 is 1.02 bits per heavy atom. The zero-order valence-corrected chi connectivity index (χ0v) is 22.1. The summed E-state index contributed by atoms with van der Waals surface area (Å²) in [6.07, 6.45) is 1.28. The summed E-state index contributed by atoms with van der Waals surface area (Å²) in [5, 5.41) is 17.2. The summed E-state index contributed by atoms with van der Waals surface area (Å²) >= 11 is 0. The van der Waals surface area contributed by atoms with Crippen LogP contribution >= 0.6 is 0 Å². The standard InChI is InChI=1S/C31H21FN4O6/c1-40-26-13-6-14-27-23(26)16-28(42-27)30-34-24-11-3-2-10-22(24)31(37)35(30)33-17-20-8-5-12-25(36(38)39)29(20)41-18-19-7-4-9-21(32)15-19/h2-17H,18H2,1H3. The molecule has 0 N–H and O–H groups in total. The molecule has 6 rings (SSSR count). The quantitative estimate of drug-likeness (QED) is 0.120. The fraction of sp³-hybridized carbons (Fsp3) is 0.0645. The first-order valence-electron chi connectivity index (χ1n) is 12.7. The molecule has 6 aromatic rings. The number of hydrogen-bond acceptors (Lipinski definition) is 8. The highest BCUT2D eigenvalue weighted by Crippen LogP contribution is 2.34. The summed E-state index contributed by atoms with van der Waals surface area (Å²) in [4.78, 5) is 29.6. The Morgan fingerprint density at radius 3 is 2.64 bits per heavy atom. The number of aromatic nitrogens is 2. The SMILES string of the molecule is COc1cccc2oc(-c3nc4ccccc4c(=O)n3N=Cc3cccc([N+](=O)[O-])c3OCc3cccc(F)c3)cc12. The summed E-state index contributed by atoms with van der Waals surface area (Å²) in [6.45, 7) is -0.132. The molecule has 0 radical (unpaired) electrons. The maximum Gasteiger partial charge on any atom is 0.311 e. The number of methoxy groups -OCH3 is 1. The highest BCUT2D eigenvalue weighted by molar-refractivity contribution is 5.89. The molecule has 42 heavy (non-hydrogen) atoms. The van der Waals surface area contributed by atoms with Gasteiger partial charge in [-0.1, -0.05) is 36.4 Å². The van der Waals surface area contributed by atoms with Crippen LogP contribution in [0, 0.1) is 15.9 Å². The Hall–Kier alpha value is -5.84. The van der Waals surface area contributed by atoms with Gasteiger partial charge >= 0.3 is 5.69 Å². The maximum atomic E-state index is 13.7. The Morgan fingerprint density at radius 2 is 1.83 bits per heavy atom. The van der Waals surface area contributed by atoms with E-state index in [4.69, 9.17) is 13.9 Å². The number of para-hydroxylation sites is 2. The molecular weight excluding hydrogens is 543 g/mol. The van der Waals surface area contributed by atoms with Crippen LogP contribution in [-0.4, -0.2) is 27.9 Å². The maximum absolute atomic E-state index is 13.7. The summed E-state index contributed by atoms with van der Waals surface area (Å²) in [6, 6.07) is 23.9. The van der Waals surface area contributed by atoms with Crippen LogP contribution in [-0.2, 0) is 6.61 Å². The molecule has 0 spiro atoms. The number of ether oxygens (including phenoxy) is 2. The van der Waals surface area contributed by atoms with E-state index in [0.29, 0.717) is 33.2 Å². The zero-order chi connectivity index (χ0) is 29.2. The molecule has 0 bridgehead atoms. The molecule has 2 heterocycles. The van der Waals surface area contributed by atoms with Crippen molar-refractivity contribution in [3.8, 4) is 23.1 Å². The lowest BCUT2D eigenvalue weighted by Crippen LogP contribution is -2.20. The van der Waals surface area contributed by atoms with Gasteiger partial charge in [0, 0.05) is 11.6 Å². The molecule has 2 aromatic heterocycles. The van der Waals surface area contributed by atoms with Gasteiger partial charge in [-0.25, -0.2) is 9.37 Å². The van der Waals surface area contributed by atoms with Gasteiger partial charge in [0.1, 0.15) is 23.8 Å². The van der Waals surface area contributed by atoms with Crippen LogP contribution in [0.5, 0.6) is 11.5 Å². The van der Waals surface area contributed by atoms with E-state index in [1.807, 2.05) is 0 Å². The van der Waals surface area contributed by atoms with Gasteiger partial charge < -0.3 is 13.9 Å². The van der Waals surface area contributed by atoms with E-state index in [2.05, 4.69) is 10.1 Å². The number of halogens is 1. The van der Waals surface area contributed by atoms with Gasteiger partial charge in [0.25, 0.3) is 5.56 Å². The van der Waals surface area contributed by atoms with Gasteiger partial charge in [0.2, 0.25) is 11.6 Å². The second kappa shape index (κ2) is 11.0. The Kier molecular flexibility index (Phi) is 6.89. The van der Waals surface area contributed by atoms with Crippen molar-refractivity contribution in [1.82, 2.24) is 9.66 Å². The van der Waals surface area contributed by atoms with E-state index in [-0.39, 0.29) is 35.2 Å². The topological polar surface area (TPSA) is 122 Å².